The Kier molecular flexibility index (Phi) is 4.77. The van der Waals surface area contributed by atoms with Crippen molar-refractivity contribution in [1.29, 1.82) is 0 Å². The average Bonchev–Trinajstić information content (AvgIpc) is 3.02. The number of benzene rings is 1. The molecular formula is C26H25NO5. The van der Waals surface area contributed by atoms with Gasteiger partial charge in [0.15, 0.2) is 11.6 Å². The monoisotopic (exact) mass is 431 g/mol. The Morgan fingerprint density at radius 1 is 1.03 bits per heavy atom. The van der Waals surface area contributed by atoms with E-state index in [-0.39, 0.29) is 35.0 Å². The maximum Gasteiger partial charge on any atom is 0.233 e. The highest BCUT2D eigenvalue weighted by atomic mass is 16.3. The molecule has 0 radical (unpaired) electrons. The fourth-order valence-corrected chi connectivity index (χ4v) is 5.92. The lowest BCUT2D eigenvalue weighted by molar-refractivity contribution is -0.140. The first-order valence-electron chi connectivity index (χ1n) is 11.2. The number of phenols is 1. The van der Waals surface area contributed by atoms with Crippen molar-refractivity contribution >= 4 is 23.4 Å². The van der Waals surface area contributed by atoms with Crippen molar-refractivity contribution < 1.29 is 24.3 Å². The summed E-state index contributed by atoms with van der Waals surface area (Å²) in [5, 5.41) is 9.78. The lowest BCUT2D eigenvalue weighted by Gasteiger charge is -2.42. The minimum atomic E-state index is -0.502. The number of carbonyl (C=O) groups excluding carboxylic acids is 4. The molecule has 0 bridgehead atoms. The zero-order valence-electron chi connectivity index (χ0n) is 18.1. The molecule has 3 aliphatic carbocycles. The van der Waals surface area contributed by atoms with Gasteiger partial charge in [-0.2, -0.15) is 0 Å². The third-order valence-electron chi connectivity index (χ3n) is 7.33. The molecule has 0 aromatic heterocycles. The van der Waals surface area contributed by atoms with Crippen LogP contribution in [0.25, 0.3) is 0 Å². The van der Waals surface area contributed by atoms with Crippen LogP contribution in [0, 0.1) is 17.8 Å². The fraction of sp³-hybridized carbons (Fsp3) is 0.385. The zero-order chi connectivity index (χ0) is 22.7. The van der Waals surface area contributed by atoms with Crippen LogP contribution in [0.3, 0.4) is 0 Å². The minimum absolute atomic E-state index is 0.113. The Bertz CT molecular complexity index is 1150. The number of carbonyl (C=O) groups is 4. The van der Waals surface area contributed by atoms with E-state index in [1.165, 1.54) is 11.0 Å². The van der Waals surface area contributed by atoms with Crippen LogP contribution in [0.2, 0.25) is 0 Å². The van der Waals surface area contributed by atoms with Crippen LogP contribution in [0.5, 0.6) is 5.75 Å². The first kappa shape index (κ1) is 20.6. The van der Waals surface area contributed by atoms with Crippen LogP contribution in [-0.4, -0.2) is 39.9 Å². The summed E-state index contributed by atoms with van der Waals surface area (Å²) >= 11 is 0. The Hall–Kier alpha value is -3.28. The van der Waals surface area contributed by atoms with Gasteiger partial charge in [0.1, 0.15) is 5.75 Å². The van der Waals surface area contributed by atoms with Crippen molar-refractivity contribution in [3.8, 4) is 5.75 Å². The van der Waals surface area contributed by atoms with Crippen LogP contribution >= 0.6 is 0 Å². The van der Waals surface area contributed by atoms with Gasteiger partial charge >= 0.3 is 0 Å². The molecule has 4 unspecified atom stereocenters. The summed E-state index contributed by atoms with van der Waals surface area (Å²) < 4.78 is 0. The highest BCUT2D eigenvalue weighted by Gasteiger charge is 2.55. The van der Waals surface area contributed by atoms with Crippen molar-refractivity contribution in [2.75, 3.05) is 6.54 Å². The molecule has 2 amide bonds. The van der Waals surface area contributed by atoms with Gasteiger partial charge in [-0.1, -0.05) is 30.7 Å². The van der Waals surface area contributed by atoms with Gasteiger partial charge < -0.3 is 5.11 Å². The van der Waals surface area contributed by atoms with Gasteiger partial charge in [0.2, 0.25) is 11.8 Å². The fourth-order valence-electron chi connectivity index (χ4n) is 5.92. The molecule has 1 aliphatic heterocycles. The second kappa shape index (κ2) is 7.40. The van der Waals surface area contributed by atoms with E-state index in [2.05, 4.69) is 0 Å². The van der Waals surface area contributed by atoms with Crippen molar-refractivity contribution in [3.05, 3.63) is 64.3 Å². The summed E-state index contributed by atoms with van der Waals surface area (Å²) in [4.78, 5) is 53.8. The quantitative estimate of drug-likeness (QED) is 0.451. The topological polar surface area (TPSA) is 91.8 Å². The van der Waals surface area contributed by atoms with Gasteiger partial charge in [-0.25, -0.2) is 0 Å². The minimum Gasteiger partial charge on any atom is -0.508 e. The summed E-state index contributed by atoms with van der Waals surface area (Å²) in [6.45, 7) is 3.99. The second-order valence-corrected chi connectivity index (χ2v) is 9.15. The first-order chi connectivity index (χ1) is 15.3. The molecule has 1 fully saturated rings. The van der Waals surface area contributed by atoms with Crippen LogP contribution in [0.15, 0.2) is 58.7 Å². The largest absolute Gasteiger partial charge is 0.508 e. The van der Waals surface area contributed by atoms with E-state index in [1.54, 1.807) is 31.2 Å². The normalized spacial score (nSPS) is 29.5. The average molecular weight is 431 g/mol. The number of allylic oxidation sites excluding steroid dienone is 6. The summed E-state index contributed by atoms with van der Waals surface area (Å²) in [6.07, 6.45) is 4.85. The van der Waals surface area contributed by atoms with Gasteiger partial charge in [-0.15, -0.1) is 0 Å². The number of hydrogen-bond acceptors (Lipinski definition) is 5. The highest BCUT2D eigenvalue weighted by Crippen LogP contribution is 2.55. The van der Waals surface area contributed by atoms with Gasteiger partial charge in [-0.05, 0) is 55.9 Å². The Labute approximate surface area is 186 Å². The van der Waals surface area contributed by atoms with E-state index in [0.29, 0.717) is 42.5 Å². The van der Waals surface area contributed by atoms with Gasteiger partial charge in [0.25, 0.3) is 0 Å². The molecule has 0 saturated carbocycles. The summed E-state index contributed by atoms with van der Waals surface area (Å²) in [5.74, 6) is -2.18. The van der Waals surface area contributed by atoms with Gasteiger partial charge in [0, 0.05) is 29.2 Å². The van der Waals surface area contributed by atoms with Crippen LogP contribution < -0.4 is 0 Å². The number of aromatic hydroxyl groups is 1. The maximum absolute atomic E-state index is 13.3. The van der Waals surface area contributed by atoms with Crippen LogP contribution in [0.1, 0.15) is 44.6 Å². The van der Waals surface area contributed by atoms with Crippen LogP contribution in [0.4, 0.5) is 0 Å². The molecule has 1 heterocycles. The Morgan fingerprint density at radius 2 is 1.75 bits per heavy atom. The standard InChI is InChI=1S/C26H25NO5/c1-3-10-27-25(31)17-9-8-16-18(22(17)26(27)32)12-19-20(29)11-13(2)24(30)23(19)21(16)14-4-6-15(28)7-5-14/h4-8,11,17-18,21-22,28H,3,9-10,12H2,1-2H3. The number of Topliss-reactive ketones (excluding diaryl/α,β-unsaturated/α-hetero) is 1. The lowest BCUT2D eigenvalue weighted by Crippen LogP contribution is -2.39. The number of nitrogens with zero attached hydrogens (tertiary/aromatic N) is 1. The molecular weight excluding hydrogens is 406 g/mol. The van der Waals surface area contributed by atoms with Crippen molar-refractivity contribution in [2.24, 2.45) is 17.8 Å². The third-order valence-corrected chi connectivity index (χ3v) is 7.33. The second-order valence-electron chi connectivity index (χ2n) is 9.15. The molecule has 6 heteroatoms. The Balaban J connectivity index is 1.66. The van der Waals surface area contributed by atoms with E-state index >= 15 is 0 Å². The summed E-state index contributed by atoms with van der Waals surface area (Å²) in [6, 6.07) is 6.65. The number of imide groups is 1. The smallest absolute Gasteiger partial charge is 0.233 e. The number of hydrogen-bond donors (Lipinski definition) is 1. The number of rotatable bonds is 3. The van der Waals surface area contributed by atoms with E-state index in [4.69, 9.17) is 0 Å². The molecule has 4 atom stereocenters. The molecule has 5 rings (SSSR count). The van der Waals surface area contributed by atoms with Crippen molar-refractivity contribution in [2.45, 2.75) is 39.0 Å². The molecule has 164 valence electrons. The number of ketones is 2. The van der Waals surface area contributed by atoms with Crippen molar-refractivity contribution in [1.82, 2.24) is 4.90 Å². The maximum atomic E-state index is 13.3. The predicted molar refractivity (Wildman–Crippen MR) is 116 cm³/mol. The van der Waals surface area contributed by atoms with E-state index in [1.807, 2.05) is 13.0 Å². The molecule has 4 aliphatic rings. The van der Waals surface area contributed by atoms with Crippen molar-refractivity contribution in [3.63, 3.8) is 0 Å². The SMILES string of the molecule is CCCN1C(=O)C2CC=C3C(c4ccc(O)cc4)C4=C(CC3C2C1=O)C(=O)C=C(C)C4=O. The molecule has 6 nitrogen and oxygen atoms in total. The molecule has 1 saturated heterocycles. The lowest BCUT2D eigenvalue weighted by atomic mass is 9.59. The zero-order valence-corrected chi connectivity index (χ0v) is 18.1. The molecule has 1 aromatic rings. The number of fused-ring (bicyclic) bond motifs is 3. The van der Waals surface area contributed by atoms with Gasteiger partial charge in [0.05, 0.1) is 11.8 Å². The number of amides is 2. The molecule has 0 spiro atoms. The van der Waals surface area contributed by atoms with Crippen LogP contribution in [-0.2, 0) is 19.2 Å². The van der Waals surface area contributed by atoms with E-state index in [9.17, 15) is 24.3 Å². The number of phenolic OH excluding ortho intramolecular Hbond substituents is 1. The van der Waals surface area contributed by atoms with E-state index < -0.39 is 17.8 Å². The molecule has 1 N–H and O–H groups in total. The molecule has 32 heavy (non-hydrogen) atoms. The van der Waals surface area contributed by atoms with Gasteiger partial charge in [-0.3, -0.25) is 24.1 Å². The first-order valence-corrected chi connectivity index (χ1v) is 11.2. The van der Waals surface area contributed by atoms with E-state index in [0.717, 1.165) is 11.1 Å². The highest BCUT2D eigenvalue weighted by molar-refractivity contribution is 6.23. The summed E-state index contributed by atoms with van der Waals surface area (Å²) in [5.41, 5.74) is 3.07. The molecule has 1 aromatic carbocycles. The Morgan fingerprint density at radius 3 is 2.44 bits per heavy atom. The number of likely N-dealkylation sites (tertiary alicyclic amines) is 1. The third kappa shape index (κ3) is 2.85. The predicted octanol–water partition coefficient (Wildman–Crippen LogP) is 3.23. The summed E-state index contributed by atoms with van der Waals surface area (Å²) in [7, 11) is 0.